The third-order valence-electron chi connectivity index (χ3n) is 3.97. The first-order valence-electron chi connectivity index (χ1n) is 8.56. The Hall–Kier alpha value is -1.87. The van der Waals surface area contributed by atoms with Crippen molar-refractivity contribution in [3.63, 3.8) is 0 Å². The molecule has 1 aliphatic carbocycles. The minimum Gasteiger partial charge on any atom is -0.462 e. The zero-order chi connectivity index (χ0) is 18.7. The van der Waals surface area contributed by atoms with Crippen molar-refractivity contribution in [3.05, 3.63) is 26.6 Å². The van der Waals surface area contributed by atoms with E-state index in [9.17, 15) is 14.4 Å². The molecule has 0 spiro atoms. The average Bonchev–Trinajstić information content (AvgIpc) is 3.33. The fourth-order valence-electron chi connectivity index (χ4n) is 2.51. The van der Waals surface area contributed by atoms with Gasteiger partial charge in [0.1, 0.15) is 15.5 Å². The molecule has 0 radical (unpaired) electrons. The first kappa shape index (κ1) is 18.9. The Kier molecular flexibility index (Phi) is 5.98. The summed E-state index contributed by atoms with van der Waals surface area (Å²) in [5.41, 5.74) is 0.356. The predicted octanol–water partition coefficient (Wildman–Crippen LogP) is 2.37. The van der Waals surface area contributed by atoms with Gasteiger partial charge in [-0.2, -0.15) is 11.8 Å². The van der Waals surface area contributed by atoms with Gasteiger partial charge in [-0.15, -0.1) is 11.3 Å². The minimum absolute atomic E-state index is 0.0739. The summed E-state index contributed by atoms with van der Waals surface area (Å²) in [5.74, 6) is 1.37. The van der Waals surface area contributed by atoms with Crippen LogP contribution in [-0.2, 0) is 15.3 Å². The lowest BCUT2D eigenvalue weighted by Gasteiger charge is -2.03. The Labute approximate surface area is 158 Å². The molecule has 0 aromatic carbocycles. The number of nitrogens with zero attached hydrogens (tertiary/aromatic N) is 1. The van der Waals surface area contributed by atoms with Crippen LogP contribution in [0.5, 0.6) is 0 Å². The van der Waals surface area contributed by atoms with Gasteiger partial charge in [0, 0.05) is 18.2 Å². The molecule has 1 saturated carbocycles. The zero-order valence-corrected chi connectivity index (χ0v) is 16.3. The van der Waals surface area contributed by atoms with E-state index < -0.39 is 5.97 Å². The molecule has 0 unspecified atom stereocenters. The highest BCUT2D eigenvalue weighted by Crippen LogP contribution is 2.28. The number of hydrogen-bond donors (Lipinski definition) is 2. The van der Waals surface area contributed by atoms with Crippen LogP contribution in [-0.4, -0.2) is 40.2 Å². The Bertz CT molecular complexity index is 886. The van der Waals surface area contributed by atoms with E-state index in [0.29, 0.717) is 50.4 Å². The van der Waals surface area contributed by atoms with Crippen LogP contribution in [0.3, 0.4) is 0 Å². The maximum Gasteiger partial charge on any atom is 0.348 e. The van der Waals surface area contributed by atoms with Crippen molar-refractivity contribution in [3.8, 4) is 0 Å². The lowest BCUT2D eigenvalue weighted by molar-refractivity contribution is -0.120. The first-order chi connectivity index (χ1) is 12.5. The van der Waals surface area contributed by atoms with E-state index in [1.165, 1.54) is 11.3 Å². The second-order valence-corrected chi connectivity index (χ2v) is 8.22. The van der Waals surface area contributed by atoms with Gasteiger partial charge in [-0.25, -0.2) is 9.78 Å². The number of aryl methyl sites for hydroxylation is 1. The number of carbonyl (C=O) groups is 2. The maximum atomic E-state index is 12.4. The third kappa shape index (κ3) is 4.45. The summed E-state index contributed by atoms with van der Waals surface area (Å²) < 4.78 is 5.03. The van der Waals surface area contributed by atoms with Gasteiger partial charge in [0.25, 0.3) is 5.56 Å². The number of carbonyl (C=O) groups excluding carboxylic acids is 2. The van der Waals surface area contributed by atoms with Gasteiger partial charge >= 0.3 is 5.97 Å². The molecule has 26 heavy (non-hydrogen) atoms. The number of rotatable bonds is 8. The Morgan fingerprint density at radius 2 is 2.19 bits per heavy atom. The van der Waals surface area contributed by atoms with Crippen LogP contribution in [0.2, 0.25) is 0 Å². The number of thiophene rings is 1. The van der Waals surface area contributed by atoms with Crippen LogP contribution in [0.25, 0.3) is 10.2 Å². The molecule has 2 heterocycles. The van der Waals surface area contributed by atoms with Crippen molar-refractivity contribution in [2.24, 2.45) is 0 Å². The number of aromatic nitrogens is 2. The molecule has 140 valence electrons. The van der Waals surface area contributed by atoms with Gasteiger partial charge in [-0.3, -0.25) is 9.59 Å². The second kappa shape index (κ2) is 8.22. The average molecular weight is 396 g/mol. The molecule has 1 aliphatic rings. The van der Waals surface area contributed by atoms with Crippen molar-refractivity contribution in [2.45, 2.75) is 44.9 Å². The lowest BCUT2D eigenvalue weighted by Crippen LogP contribution is -2.25. The van der Waals surface area contributed by atoms with Gasteiger partial charge in [0.15, 0.2) is 0 Å². The molecular weight excluding hydrogens is 374 g/mol. The van der Waals surface area contributed by atoms with Crippen LogP contribution in [0, 0.1) is 6.92 Å². The zero-order valence-electron chi connectivity index (χ0n) is 14.7. The SMILES string of the molecule is CCOC(=O)c1sc2nc(CSCCC(=O)NC3CC3)[nH]c(=O)c2c1C. The Morgan fingerprint density at radius 3 is 2.88 bits per heavy atom. The number of amides is 1. The van der Waals surface area contributed by atoms with Crippen molar-refractivity contribution >= 4 is 45.2 Å². The molecular formula is C17H21N3O4S2. The van der Waals surface area contributed by atoms with E-state index in [1.54, 1.807) is 25.6 Å². The van der Waals surface area contributed by atoms with Gasteiger partial charge in [-0.1, -0.05) is 0 Å². The topological polar surface area (TPSA) is 101 Å². The molecule has 1 amide bonds. The molecule has 2 aromatic heterocycles. The van der Waals surface area contributed by atoms with Gasteiger partial charge in [0.05, 0.1) is 17.7 Å². The number of esters is 1. The quantitative estimate of drug-likeness (QED) is 0.526. The van der Waals surface area contributed by atoms with Crippen molar-refractivity contribution in [2.75, 3.05) is 12.4 Å². The molecule has 7 nitrogen and oxygen atoms in total. The maximum absolute atomic E-state index is 12.4. The Balaban J connectivity index is 1.65. The molecule has 9 heteroatoms. The van der Waals surface area contributed by atoms with Crippen molar-refractivity contribution < 1.29 is 14.3 Å². The van der Waals surface area contributed by atoms with Crippen molar-refractivity contribution in [1.82, 2.24) is 15.3 Å². The molecule has 0 bridgehead atoms. The molecule has 0 atom stereocenters. The number of H-pyrrole nitrogens is 1. The Morgan fingerprint density at radius 1 is 1.42 bits per heavy atom. The summed E-state index contributed by atoms with van der Waals surface area (Å²) in [6.07, 6.45) is 2.62. The summed E-state index contributed by atoms with van der Waals surface area (Å²) in [6, 6.07) is 0.378. The fraction of sp³-hybridized carbons (Fsp3) is 0.529. The summed E-state index contributed by atoms with van der Waals surface area (Å²) in [4.78, 5) is 44.2. The van der Waals surface area contributed by atoms with Crippen LogP contribution >= 0.6 is 23.1 Å². The number of hydrogen-bond acceptors (Lipinski definition) is 7. The molecule has 3 rings (SSSR count). The largest absolute Gasteiger partial charge is 0.462 e. The van der Waals surface area contributed by atoms with E-state index in [1.807, 2.05) is 0 Å². The molecule has 0 aliphatic heterocycles. The van der Waals surface area contributed by atoms with E-state index >= 15 is 0 Å². The molecule has 0 saturated heterocycles. The number of thioether (sulfide) groups is 1. The van der Waals surface area contributed by atoms with Crippen LogP contribution < -0.4 is 10.9 Å². The van der Waals surface area contributed by atoms with Crippen LogP contribution in [0.4, 0.5) is 0 Å². The smallest absolute Gasteiger partial charge is 0.348 e. The van der Waals surface area contributed by atoms with E-state index in [2.05, 4.69) is 15.3 Å². The van der Waals surface area contributed by atoms with E-state index in [-0.39, 0.29) is 18.1 Å². The van der Waals surface area contributed by atoms with Gasteiger partial charge in [-0.05, 0) is 32.3 Å². The highest BCUT2D eigenvalue weighted by atomic mass is 32.2. The number of aromatic amines is 1. The van der Waals surface area contributed by atoms with Gasteiger partial charge < -0.3 is 15.0 Å². The lowest BCUT2D eigenvalue weighted by atomic mass is 10.2. The minimum atomic E-state index is -0.426. The molecule has 2 N–H and O–H groups in total. The predicted molar refractivity (Wildman–Crippen MR) is 103 cm³/mol. The van der Waals surface area contributed by atoms with Crippen LogP contribution in [0.15, 0.2) is 4.79 Å². The molecule has 2 aromatic rings. The third-order valence-corrected chi connectivity index (χ3v) is 6.10. The second-order valence-electron chi connectivity index (χ2n) is 6.11. The number of ether oxygens (including phenoxy) is 1. The number of fused-ring (bicyclic) bond motifs is 1. The summed E-state index contributed by atoms with van der Waals surface area (Å²) in [6.45, 7) is 3.76. The highest BCUT2D eigenvalue weighted by molar-refractivity contribution is 7.98. The fourth-order valence-corrected chi connectivity index (χ4v) is 4.41. The molecule has 1 fully saturated rings. The summed E-state index contributed by atoms with van der Waals surface area (Å²) >= 11 is 2.72. The highest BCUT2D eigenvalue weighted by Gasteiger charge is 2.23. The van der Waals surface area contributed by atoms with E-state index in [0.717, 1.165) is 12.8 Å². The van der Waals surface area contributed by atoms with Crippen LogP contribution in [0.1, 0.15) is 47.2 Å². The number of nitrogens with one attached hydrogen (secondary N) is 2. The summed E-state index contributed by atoms with van der Waals surface area (Å²) in [7, 11) is 0. The normalized spacial score (nSPS) is 13.8. The first-order valence-corrected chi connectivity index (χ1v) is 10.5. The van der Waals surface area contributed by atoms with Crippen molar-refractivity contribution in [1.29, 1.82) is 0 Å². The van der Waals surface area contributed by atoms with E-state index in [4.69, 9.17) is 4.74 Å². The summed E-state index contributed by atoms with van der Waals surface area (Å²) in [5, 5.41) is 3.39. The monoisotopic (exact) mass is 395 g/mol. The standard InChI is InChI=1S/C17H21N3O4S2/c1-3-24-17(23)14-9(2)13-15(22)19-11(20-16(13)26-14)8-25-7-6-12(21)18-10-4-5-10/h10H,3-8H2,1-2H3,(H,18,21)(H,19,20,22). The van der Waals surface area contributed by atoms with Gasteiger partial charge in [0.2, 0.25) is 5.91 Å².